The predicted octanol–water partition coefficient (Wildman–Crippen LogP) is 4.95. The maximum Gasteiger partial charge on any atom is 0.257 e. The monoisotopic (exact) mass is 496 g/mol. The van der Waals surface area contributed by atoms with E-state index in [0.717, 1.165) is 12.0 Å². The van der Waals surface area contributed by atoms with Crippen LogP contribution in [-0.2, 0) is 11.2 Å². The van der Waals surface area contributed by atoms with Crippen LogP contribution in [0.25, 0.3) is 0 Å². The van der Waals surface area contributed by atoms with Crippen LogP contribution in [-0.4, -0.2) is 54.5 Å². The molecule has 1 aromatic heterocycles. The molecule has 1 aliphatic heterocycles. The molecule has 184 valence electrons. The van der Waals surface area contributed by atoms with E-state index in [-0.39, 0.29) is 36.7 Å². The molecule has 0 saturated carbocycles. The number of carbonyl (C=O) groups is 2. The van der Waals surface area contributed by atoms with Gasteiger partial charge in [-0.15, -0.1) is 11.3 Å². The molecule has 2 heterocycles. The smallest absolute Gasteiger partial charge is 0.257 e. The third-order valence-corrected chi connectivity index (χ3v) is 7.17. The molecule has 0 N–H and O–H groups in total. The highest BCUT2D eigenvalue weighted by Gasteiger charge is 2.34. The van der Waals surface area contributed by atoms with E-state index in [4.69, 9.17) is 9.47 Å². The topological polar surface area (TPSA) is 59.1 Å². The van der Waals surface area contributed by atoms with Crippen molar-refractivity contribution in [3.05, 3.63) is 81.8 Å². The Morgan fingerprint density at radius 1 is 1.11 bits per heavy atom. The van der Waals surface area contributed by atoms with E-state index in [2.05, 4.69) is 0 Å². The van der Waals surface area contributed by atoms with E-state index < -0.39 is 11.7 Å². The van der Waals surface area contributed by atoms with Crippen molar-refractivity contribution >= 4 is 23.2 Å². The summed E-state index contributed by atoms with van der Waals surface area (Å²) in [5, 5.41) is 2.02. The fraction of sp³-hybridized carbons (Fsp3) is 0.333. The van der Waals surface area contributed by atoms with Gasteiger partial charge in [-0.25, -0.2) is 4.39 Å². The number of ether oxygens (including phenoxy) is 2. The fourth-order valence-corrected chi connectivity index (χ4v) is 5.22. The highest BCUT2D eigenvalue weighted by Crippen LogP contribution is 2.35. The minimum Gasteiger partial charge on any atom is -0.493 e. The number of para-hydroxylation sites is 2. The second kappa shape index (κ2) is 10.9. The van der Waals surface area contributed by atoms with E-state index >= 15 is 0 Å². The van der Waals surface area contributed by atoms with Crippen LogP contribution in [0, 0.1) is 5.82 Å². The summed E-state index contributed by atoms with van der Waals surface area (Å²) in [5.74, 6) is -0.0774. The molecule has 1 unspecified atom stereocenters. The molecule has 0 spiro atoms. The van der Waals surface area contributed by atoms with Crippen LogP contribution in [0.3, 0.4) is 0 Å². The molecule has 0 radical (unpaired) electrons. The third-order valence-electron chi connectivity index (χ3n) is 6.18. The number of hydrogen-bond acceptors (Lipinski definition) is 5. The predicted molar refractivity (Wildman–Crippen MR) is 134 cm³/mol. The zero-order valence-corrected chi connectivity index (χ0v) is 20.9. The largest absolute Gasteiger partial charge is 0.493 e. The fourth-order valence-electron chi connectivity index (χ4n) is 4.30. The minimum atomic E-state index is -0.598. The minimum absolute atomic E-state index is 0.0381. The summed E-state index contributed by atoms with van der Waals surface area (Å²) in [5.41, 5.74) is 1.02. The molecule has 8 heteroatoms. The molecule has 3 aromatic rings. The summed E-state index contributed by atoms with van der Waals surface area (Å²) in [6, 6.07) is 14.7. The Hall–Kier alpha value is -3.39. The molecular formula is C27H29FN2O4S. The van der Waals surface area contributed by atoms with Gasteiger partial charge in [0.1, 0.15) is 19.0 Å². The van der Waals surface area contributed by atoms with Crippen molar-refractivity contribution < 1.29 is 23.5 Å². The van der Waals surface area contributed by atoms with Gasteiger partial charge in [0.2, 0.25) is 5.91 Å². The molecule has 4 rings (SSSR count). The number of halogens is 1. The van der Waals surface area contributed by atoms with Crippen LogP contribution in [0.4, 0.5) is 4.39 Å². The van der Waals surface area contributed by atoms with Crippen LogP contribution in [0.2, 0.25) is 0 Å². The number of benzene rings is 2. The average molecular weight is 497 g/mol. The number of amides is 2. The summed E-state index contributed by atoms with van der Waals surface area (Å²) < 4.78 is 25.8. The van der Waals surface area contributed by atoms with Crippen molar-refractivity contribution in [2.24, 2.45) is 0 Å². The molecule has 0 saturated heterocycles. The molecule has 35 heavy (non-hydrogen) atoms. The number of methoxy groups -OCH3 is 1. The summed E-state index contributed by atoms with van der Waals surface area (Å²) >= 11 is 1.67. The summed E-state index contributed by atoms with van der Waals surface area (Å²) in [6.07, 6.45) is 0.743. The Balaban J connectivity index is 1.55. The van der Waals surface area contributed by atoms with Gasteiger partial charge in [0, 0.05) is 17.5 Å². The average Bonchev–Trinajstić information content (AvgIpc) is 3.34. The van der Waals surface area contributed by atoms with Crippen LogP contribution >= 0.6 is 11.3 Å². The highest BCUT2D eigenvalue weighted by atomic mass is 32.1. The zero-order chi connectivity index (χ0) is 24.9. The first-order valence-corrected chi connectivity index (χ1v) is 12.5. The Bertz CT molecular complexity index is 1200. The maximum atomic E-state index is 14.3. The summed E-state index contributed by atoms with van der Waals surface area (Å²) in [7, 11) is 1.59. The van der Waals surface area contributed by atoms with Crippen molar-refractivity contribution in [3.63, 3.8) is 0 Å². The van der Waals surface area contributed by atoms with Gasteiger partial charge in [0.05, 0.1) is 18.7 Å². The molecule has 6 nitrogen and oxygen atoms in total. The second-order valence-electron chi connectivity index (χ2n) is 8.62. The molecule has 1 atom stereocenters. The number of nitrogens with zero attached hydrogens (tertiary/aromatic N) is 2. The van der Waals surface area contributed by atoms with Crippen LogP contribution in [0.5, 0.6) is 11.5 Å². The third kappa shape index (κ3) is 5.32. The lowest BCUT2D eigenvalue weighted by Crippen LogP contribution is -2.49. The van der Waals surface area contributed by atoms with Crippen molar-refractivity contribution in [1.82, 2.24) is 9.80 Å². The number of thiophene rings is 1. The van der Waals surface area contributed by atoms with Gasteiger partial charge in [-0.1, -0.05) is 24.3 Å². The molecule has 0 aliphatic carbocycles. The van der Waals surface area contributed by atoms with E-state index in [1.165, 1.54) is 28.0 Å². The maximum absolute atomic E-state index is 14.3. The van der Waals surface area contributed by atoms with Gasteiger partial charge >= 0.3 is 0 Å². The summed E-state index contributed by atoms with van der Waals surface area (Å²) in [4.78, 5) is 31.1. The molecule has 2 amide bonds. The van der Waals surface area contributed by atoms with E-state index in [1.807, 2.05) is 49.6 Å². The van der Waals surface area contributed by atoms with Gasteiger partial charge in [-0.05, 0) is 61.5 Å². The number of hydrogen-bond donors (Lipinski definition) is 0. The van der Waals surface area contributed by atoms with Crippen LogP contribution in [0.1, 0.15) is 40.7 Å². The zero-order valence-electron chi connectivity index (χ0n) is 20.1. The molecule has 0 bridgehead atoms. The lowest BCUT2D eigenvalue weighted by atomic mass is 10.00. The van der Waals surface area contributed by atoms with Crippen molar-refractivity contribution in [3.8, 4) is 11.5 Å². The standard InChI is InChI=1S/C27H29FN2O4S/c1-18(2)30(27(32)19-8-4-5-9-21(19)28)16-26(31)29-14-12-25-20(13-15-35-25)22(29)17-34-24-11-7-6-10-23(24)33-3/h4-11,13,15,18,22H,12,14,16-17H2,1-3H3. The van der Waals surface area contributed by atoms with Crippen LogP contribution < -0.4 is 9.47 Å². The Kier molecular flexibility index (Phi) is 7.70. The van der Waals surface area contributed by atoms with Gasteiger partial charge in [-0.3, -0.25) is 9.59 Å². The lowest BCUT2D eigenvalue weighted by molar-refractivity contribution is -0.136. The SMILES string of the molecule is COc1ccccc1OCC1c2ccsc2CCN1C(=O)CN(C(=O)c1ccccc1F)C(C)C. The number of carbonyl (C=O) groups excluding carboxylic acids is 2. The van der Waals surface area contributed by atoms with Crippen molar-refractivity contribution in [1.29, 1.82) is 0 Å². The first-order valence-electron chi connectivity index (χ1n) is 11.6. The number of rotatable bonds is 8. The molecule has 0 fully saturated rings. The normalized spacial score (nSPS) is 15.0. The quantitative estimate of drug-likeness (QED) is 0.443. The van der Waals surface area contributed by atoms with Crippen LogP contribution in [0.15, 0.2) is 60.0 Å². The Labute approximate surface area is 208 Å². The van der Waals surface area contributed by atoms with Crippen molar-refractivity contribution in [2.45, 2.75) is 32.4 Å². The lowest BCUT2D eigenvalue weighted by Gasteiger charge is -2.37. The van der Waals surface area contributed by atoms with Gasteiger partial charge in [0.25, 0.3) is 5.91 Å². The first kappa shape index (κ1) is 24.7. The molecule has 1 aliphatic rings. The first-order chi connectivity index (χ1) is 16.9. The second-order valence-corrected chi connectivity index (χ2v) is 9.62. The van der Waals surface area contributed by atoms with Crippen molar-refractivity contribution in [2.75, 3.05) is 26.8 Å². The van der Waals surface area contributed by atoms with E-state index in [0.29, 0.717) is 18.0 Å². The Morgan fingerprint density at radius 3 is 2.54 bits per heavy atom. The highest BCUT2D eigenvalue weighted by molar-refractivity contribution is 7.10. The van der Waals surface area contributed by atoms with Gasteiger partial charge < -0.3 is 19.3 Å². The summed E-state index contributed by atoms with van der Waals surface area (Å²) in [6.45, 7) is 4.27. The number of fused-ring (bicyclic) bond motifs is 1. The Morgan fingerprint density at radius 2 is 1.83 bits per heavy atom. The molecule has 2 aromatic carbocycles. The van der Waals surface area contributed by atoms with Gasteiger partial charge in [-0.2, -0.15) is 0 Å². The van der Waals surface area contributed by atoms with E-state index in [1.54, 1.807) is 29.4 Å². The molecular weight excluding hydrogens is 467 g/mol. The van der Waals surface area contributed by atoms with Gasteiger partial charge in [0.15, 0.2) is 11.5 Å². The van der Waals surface area contributed by atoms with E-state index in [9.17, 15) is 14.0 Å².